The second-order valence-corrected chi connectivity index (χ2v) is 5.95. The van der Waals surface area contributed by atoms with Crippen molar-refractivity contribution in [2.45, 2.75) is 31.8 Å². The first-order chi connectivity index (χ1) is 10.2. The first-order valence-electron chi connectivity index (χ1n) is 6.94. The van der Waals surface area contributed by atoms with E-state index >= 15 is 0 Å². The summed E-state index contributed by atoms with van der Waals surface area (Å²) in [5, 5.41) is 3.99. The molecule has 1 fully saturated rings. The Balaban J connectivity index is 2.07. The highest BCUT2D eigenvalue weighted by Gasteiger charge is 2.24. The number of methoxy groups -OCH3 is 1. The lowest BCUT2D eigenvalue weighted by molar-refractivity contribution is 0.201. The molecule has 1 aromatic heterocycles. The third-order valence-electron chi connectivity index (χ3n) is 3.66. The van der Waals surface area contributed by atoms with Crippen molar-refractivity contribution in [3.8, 4) is 22.8 Å². The minimum Gasteiger partial charge on any atom is -0.493 e. The van der Waals surface area contributed by atoms with Crippen LogP contribution in [0, 0.1) is 0 Å². The van der Waals surface area contributed by atoms with E-state index in [0.29, 0.717) is 17.2 Å². The average Bonchev–Trinajstić information content (AvgIpc) is 3.11. The standard InChI is InChI=1S/C15H17BrN2O3/c1-19-12-7-6-10(16)14(11-8-13(17)21-18-11)15(12)20-9-4-2-3-5-9/h6-9H,2-5,17H2,1H3. The molecule has 21 heavy (non-hydrogen) atoms. The molecule has 5 nitrogen and oxygen atoms in total. The smallest absolute Gasteiger partial charge is 0.222 e. The number of benzene rings is 1. The van der Waals surface area contributed by atoms with Gasteiger partial charge in [-0.3, -0.25) is 0 Å². The van der Waals surface area contributed by atoms with Crippen molar-refractivity contribution in [1.29, 1.82) is 0 Å². The van der Waals surface area contributed by atoms with E-state index in [1.165, 1.54) is 12.8 Å². The predicted octanol–water partition coefficient (Wildman–Crippen LogP) is 4.02. The molecule has 2 N–H and O–H groups in total. The van der Waals surface area contributed by atoms with Crippen molar-refractivity contribution in [3.63, 3.8) is 0 Å². The molecular weight excluding hydrogens is 336 g/mol. The van der Waals surface area contributed by atoms with Crippen molar-refractivity contribution in [3.05, 3.63) is 22.7 Å². The Morgan fingerprint density at radius 2 is 2.10 bits per heavy atom. The van der Waals surface area contributed by atoms with Crippen LogP contribution in [0.1, 0.15) is 25.7 Å². The van der Waals surface area contributed by atoms with Gasteiger partial charge < -0.3 is 19.7 Å². The van der Waals surface area contributed by atoms with Gasteiger partial charge in [0.1, 0.15) is 5.69 Å². The van der Waals surface area contributed by atoms with E-state index in [0.717, 1.165) is 22.9 Å². The van der Waals surface area contributed by atoms with E-state index in [1.807, 2.05) is 12.1 Å². The van der Waals surface area contributed by atoms with Crippen molar-refractivity contribution < 1.29 is 14.0 Å². The van der Waals surface area contributed by atoms with E-state index in [2.05, 4.69) is 21.1 Å². The number of nitrogens with zero attached hydrogens (tertiary/aromatic N) is 1. The Bertz CT molecular complexity index is 636. The lowest BCUT2D eigenvalue weighted by Crippen LogP contribution is -2.12. The third-order valence-corrected chi connectivity index (χ3v) is 4.32. The largest absolute Gasteiger partial charge is 0.493 e. The number of rotatable bonds is 4. The summed E-state index contributed by atoms with van der Waals surface area (Å²) in [4.78, 5) is 0. The molecule has 0 atom stereocenters. The molecule has 0 amide bonds. The molecule has 0 radical (unpaired) electrons. The first kappa shape index (κ1) is 14.3. The average molecular weight is 353 g/mol. The number of ether oxygens (including phenoxy) is 2. The van der Waals surface area contributed by atoms with Gasteiger partial charge in [-0.05, 0) is 53.7 Å². The molecule has 1 heterocycles. The van der Waals surface area contributed by atoms with Gasteiger partial charge in [0.05, 0.1) is 18.8 Å². The minimum absolute atomic E-state index is 0.219. The quantitative estimate of drug-likeness (QED) is 0.899. The molecule has 0 aliphatic heterocycles. The van der Waals surface area contributed by atoms with E-state index in [1.54, 1.807) is 13.2 Å². The van der Waals surface area contributed by atoms with Crippen molar-refractivity contribution in [2.24, 2.45) is 0 Å². The Morgan fingerprint density at radius 1 is 1.33 bits per heavy atom. The zero-order valence-electron chi connectivity index (χ0n) is 11.8. The van der Waals surface area contributed by atoms with Gasteiger partial charge in [-0.1, -0.05) is 5.16 Å². The van der Waals surface area contributed by atoms with E-state index in [4.69, 9.17) is 19.7 Å². The summed E-state index contributed by atoms with van der Waals surface area (Å²) in [6.45, 7) is 0. The highest BCUT2D eigenvalue weighted by Crippen LogP contribution is 2.44. The molecule has 0 saturated heterocycles. The third kappa shape index (κ3) is 2.85. The summed E-state index contributed by atoms with van der Waals surface area (Å²) < 4.78 is 17.5. The van der Waals surface area contributed by atoms with Crippen LogP contribution in [0.5, 0.6) is 11.5 Å². The topological polar surface area (TPSA) is 70.5 Å². The zero-order valence-corrected chi connectivity index (χ0v) is 13.4. The van der Waals surface area contributed by atoms with Crippen LogP contribution in [-0.4, -0.2) is 18.4 Å². The zero-order chi connectivity index (χ0) is 14.8. The summed E-state index contributed by atoms with van der Waals surface area (Å²) >= 11 is 3.55. The number of nitrogen functional groups attached to an aromatic ring is 1. The lowest BCUT2D eigenvalue weighted by atomic mass is 10.1. The minimum atomic E-state index is 0.219. The predicted molar refractivity (Wildman–Crippen MR) is 83.5 cm³/mol. The summed E-state index contributed by atoms with van der Waals surface area (Å²) in [6, 6.07) is 5.46. The van der Waals surface area contributed by atoms with Gasteiger partial charge in [0.15, 0.2) is 11.5 Å². The van der Waals surface area contributed by atoms with Gasteiger partial charge >= 0.3 is 0 Å². The van der Waals surface area contributed by atoms with Gasteiger partial charge in [0, 0.05) is 10.5 Å². The molecule has 0 bridgehead atoms. The lowest BCUT2D eigenvalue weighted by Gasteiger charge is -2.19. The summed E-state index contributed by atoms with van der Waals surface area (Å²) in [5.74, 6) is 1.64. The van der Waals surface area contributed by atoms with Crippen molar-refractivity contribution in [1.82, 2.24) is 5.16 Å². The fourth-order valence-electron chi connectivity index (χ4n) is 2.64. The van der Waals surface area contributed by atoms with Crippen LogP contribution in [0.15, 0.2) is 27.2 Å². The molecule has 3 rings (SSSR count). The van der Waals surface area contributed by atoms with Crippen molar-refractivity contribution in [2.75, 3.05) is 12.8 Å². The number of anilines is 1. The normalized spacial score (nSPS) is 15.3. The number of aromatic nitrogens is 1. The maximum Gasteiger partial charge on any atom is 0.222 e. The molecule has 0 unspecified atom stereocenters. The Morgan fingerprint density at radius 3 is 2.71 bits per heavy atom. The molecule has 2 aromatic rings. The summed E-state index contributed by atoms with van der Waals surface area (Å²) in [5.41, 5.74) is 7.07. The van der Waals surface area contributed by atoms with E-state index in [9.17, 15) is 0 Å². The fourth-order valence-corrected chi connectivity index (χ4v) is 3.15. The summed E-state index contributed by atoms with van der Waals surface area (Å²) in [6.07, 6.45) is 4.75. The van der Waals surface area contributed by atoms with E-state index < -0.39 is 0 Å². The number of hydrogen-bond acceptors (Lipinski definition) is 5. The van der Waals surface area contributed by atoms with Crippen LogP contribution >= 0.6 is 15.9 Å². The molecule has 0 spiro atoms. The van der Waals surface area contributed by atoms with E-state index in [-0.39, 0.29) is 12.0 Å². The van der Waals surface area contributed by atoms with Crippen LogP contribution < -0.4 is 15.2 Å². The number of nitrogens with two attached hydrogens (primary N) is 1. The molecule has 1 aliphatic rings. The molecule has 6 heteroatoms. The van der Waals surface area contributed by atoms with Crippen LogP contribution in [0.2, 0.25) is 0 Å². The molecule has 112 valence electrons. The van der Waals surface area contributed by atoms with Gasteiger partial charge in [-0.15, -0.1) is 0 Å². The second kappa shape index (κ2) is 5.97. The monoisotopic (exact) mass is 352 g/mol. The number of halogens is 1. The maximum absolute atomic E-state index is 6.20. The van der Waals surface area contributed by atoms with Crippen molar-refractivity contribution >= 4 is 21.8 Å². The molecular formula is C15H17BrN2O3. The Hall–Kier alpha value is -1.69. The molecule has 1 aliphatic carbocycles. The van der Waals surface area contributed by atoms with Crippen LogP contribution in [0.4, 0.5) is 5.88 Å². The van der Waals surface area contributed by atoms with Crippen LogP contribution in [0.3, 0.4) is 0 Å². The Labute approximate surface area is 131 Å². The highest BCUT2D eigenvalue weighted by atomic mass is 79.9. The van der Waals surface area contributed by atoms with Gasteiger partial charge in [-0.25, -0.2) is 0 Å². The highest BCUT2D eigenvalue weighted by molar-refractivity contribution is 9.10. The molecule has 1 aromatic carbocycles. The van der Waals surface area contributed by atoms with Gasteiger partial charge in [0.2, 0.25) is 5.88 Å². The maximum atomic E-state index is 6.20. The first-order valence-corrected chi connectivity index (χ1v) is 7.74. The summed E-state index contributed by atoms with van der Waals surface area (Å²) in [7, 11) is 1.63. The number of hydrogen-bond donors (Lipinski definition) is 1. The second-order valence-electron chi connectivity index (χ2n) is 5.09. The SMILES string of the molecule is COc1ccc(Br)c(-c2cc(N)on2)c1OC1CCCC1. The molecule has 1 saturated carbocycles. The van der Waals surface area contributed by atoms with Gasteiger partial charge in [0.25, 0.3) is 0 Å². The fraction of sp³-hybridized carbons (Fsp3) is 0.400. The van der Waals surface area contributed by atoms with Gasteiger partial charge in [-0.2, -0.15) is 0 Å². The Kier molecular flexibility index (Phi) is 4.05. The van der Waals surface area contributed by atoms with Crippen LogP contribution in [0.25, 0.3) is 11.3 Å². The van der Waals surface area contributed by atoms with Crippen LogP contribution in [-0.2, 0) is 0 Å².